The topological polar surface area (TPSA) is 64.0 Å². The molecule has 4 rings (SSSR count). The predicted molar refractivity (Wildman–Crippen MR) is 109 cm³/mol. The minimum absolute atomic E-state index is 0.0374. The van der Waals surface area contributed by atoms with E-state index in [2.05, 4.69) is 10.3 Å². The van der Waals surface area contributed by atoms with E-state index in [0.717, 1.165) is 35.2 Å². The number of amides is 1. The molecule has 0 bridgehead atoms. The fraction of sp³-hybridized carbons (Fsp3) is 0.350. The number of halogens is 1. The molecule has 27 heavy (non-hydrogen) atoms. The van der Waals surface area contributed by atoms with Crippen LogP contribution in [0, 0.1) is 0 Å². The van der Waals surface area contributed by atoms with E-state index in [9.17, 15) is 9.59 Å². The number of hydrogen-bond acceptors (Lipinski definition) is 4. The normalized spacial score (nSPS) is 14.7. The molecule has 0 radical (unpaired) electrons. The molecule has 2 heterocycles. The van der Waals surface area contributed by atoms with E-state index in [4.69, 9.17) is 11.6 Å². The lowest BCUT2D eigenvalue weighted by molar-refractivity contribution is -0.122. The molecular formula is C20H20ClN3O2S. The summed E-state index contributed by atoms with van der Waals surface area (Å²) in [6.07, 6.45) is 5.70. The van der Waals surface area contributed by atoms with Gasteiger partial charge in [0.1, 0.15) is 11.4 Å². The van der Waals surface area contributed by atoms with Gasteiger partial charge in [-0.25, -0.2) is 4.98 Å². The summed E-state index contributed by atoms with van der Waals surface area (Å²) in [7, 11) is 0. The van der Waals surface area contributed by atoms with Gasteiger partial charge in [-0.1, -0.05) is 23.7 Å². The molecule has 0 unspecified atom stereocenters. The third-order valence-electron chi connectivity index (χ3n) is 5.00. The van der Waals surface area contributed by atoms with Gasteiger partial charge in [0.25, 0.3) is 5.56 Å². The highest BCUT2D eigenvalue weighted by atomic mass is 35.5. The highest BCUT2D eigenvalue weighted by Crippen LogP contribution is 2.33. The number of carbonyl (C=O) groups is 1. The van der Waals surface area contributed by atoms with Gasteiger partial charge >= 0.3 is 0 Å². The molecule has 7 heteroatoms. The zero-order valence-corrected chi connectivity index (χ0v) is 16.6. The van der Waals surface area contributed by atoms with E-state index < -0.39 is 0 Å². The van der Waals surface area contributed by atoms with Crippen LogP contribution in [0.2, 0.25) is 5.02 Å². The van der Waals surface area contributed by atoms with Crippen molar-refractivity contribution < 1.29 is 4.79 Å². The van der Waals surface area contributed by atoms with Crippen LogP contribution in [-0.4, -0.2) is 15.5 Å². The zero-order chi connectivity index (χ0) is 19.0. The van der Waals surface area contributed by atoms with Crippen LogP contribution < -0.4 is 10.9 Å². The van der Waals surface area contributed by atoms with Gasteiger partial charge in [0, 0.05) is 9.90 Å². The molecule has 0 aliphatic heterocycles. The fourth-order valence-electron chi connectivity index (χ4n) is 3.57. The second-order valence-corrected chi connectivity index (χ2v) is 8.43. The van der Waals surface area contributed by atoms with Crippen LogP contribution in [0.1, 0.15) is 41.8 Å². The van der Waals surface area contributed by atoms with Crippen LogP contribution in [0.25, 0.3) is 10.2 Å². The summed E-state index contributed by atoms with van der Waals surface area (Å²) in [5, 5.41) is 4.29. The van der Waals surface area contributed by atoms with Gasteiger partial charge in [-0.05, 0) is 55.9 Å². The molecule has 2 aromatic heterocycles. The molecule has 1 atom stereocenters. The van der Waals surface area contributed by atoms with E-state index >= 15 is 0 Å². The van der Waals surface area contributed by atoms with Gasteiger partial charge in [0.15, 0.2) is 0 Å². The summed E-state index contributed by atoms with van der Waals surface area (Å²) >= 11 is 7.52. The van der Waals surface area contributed by atoms with Crippen molar-refractivity contribution in [2.24, 2.45) is 0 Å². The van der Waals surface area contributed by atoms with Crippen molar-refractivity contribution in [1.29, 1.82) is 0 Å². The Balaban J connectivity index is 1.54. The lowest BCUT2D eigenvalue weighted by Crippen LogP contribution is -2.34. The quantitative estimate of drug-likeness (QED) is 0.721. The van der Waals surface area contributed by atoms with Crippen LogP contribution in [-0.2, 0) is 24.2 Å². The number of aromatic nitrogens is 2. The average Bonchev–Trinajstić information content (AvgIpc) is 3.04. The average molecular weight is 402 g/mol. The molecule has 5 nitrogen and oxygen atoms in total. The molecule has 1 aliphatic carbocycles. The van der Waals surface area contributed by atoms with Crippen molar-refractivity contribution in [1.82, 2.24) is 14.9 Å². The molecule has 1 amide bonds. The van der Waals surface area contributed by atoms with Crippen LogP contribution in [0.3, 0.4) is 0 Å². The van der Waals surface area contributed by atoms with Crippen molar-refractivity contribution in [2.75, 3.05) is 0 Å². The monoisotopic (exact) mass is 401 g/mol. The Kier molecular flexibility index (Phi) is 5.02. The van der Waals surface area contributed by atoms with E-state index in [1.54, 1.807) is 23.5 Å². The van der Waals surface area contributed by atoms with Crippen LogP contribution in [0.4, 0.5) is 0 Å². The van der Waals surface area contributed by atoms with Crippen LogP contribution in [0.5, 0.6) is 0 Å². The third-order valence-corrected chi connectivity index (χ3v) is 6.46. The number of benzene rings is 1. The Bertz CT molecular complexity index is 1060. The summed E-state index contributed by atoms with van der Waals surface area (Å²) in [6.45, 7) is 1.87. The molecular weight excluding hydrogens is 382 g/mol. The molecule has 140 valence electrons. The van der Waals surface area contributed by atoms with Gasteiger partial charge in [-0.3, -0.25) is 14.2 Å². The number of thiophene rings is 1. The van der Waals surface area contributed by atoms with Gasteiger partial charge in [0.2, 0.25) is 5.91 Å². The molecule has 0 saturated carbocycles. The highest BCUT2D eigenvalue weighted by Gasteiger charge is 2.20. The molecule has 1 N–H and O–H groups in total. The van der Waals surface area contributed by atoms with Gasteiger partial charge in [0.05, 0.1) is 17.8 Å². The minimum atomic E-state index is -0.218. The maximum Gasteiger partial charge on any atom is 0.262 e. The van der Waals surface area contributed by atoms with Crippen molar-refractivity contribution in [3.8, 4) is 0 Å². The number of rotatable bonds is 4. The van der Waals surface area contributed by atoms with Gasteiger partial charge < -0.3 is 5.32 Å². The zero-order valence-electron chi connectivity index (χ0n) is 15.0. The molecule has 0 saturated heterocycles. The minimum Gasteiger partial charge on any atom is -0.348 e. The molecule has 1 aliphatic rings. The van der Waals surface area contributed by atoms with E-state index in [-0.39, 0.29) is 24.1 Å². The highest BCUT2D eigenvalue weighted by molar-refractivity contribution is 7.18. The molecule has 3 aromatic rings. The van der Waals surface area contributed by atoms with E-state index in [0.29, 0.717) is 10.4 Å². The first kappa shape index (κ1) is 18.2. The fourth-order valence-corrected chi connectivity index (χ4v) is 4.92. The Morgan fingerprint density at radius 1 is 1.30 bits per heavy atom. The molecule has 0 fully saturated rings. The summed E-state index contributed by atoms with van der Waals surface area (Å²) in [5.41, 5.74) is 1.98. The second kappa shape index (κ2) is 7.44. The van der Waals surface area contributed by atoms with Crippen molar-refractivity contribution in [2.45, 2.75) is 45.2 Å². The van der Waals surface area contributed by atoms with E-state index in [1.807, 2.05) is 19.1 Å². The lowest BCUT2D eigenvalue weighted by Gasteiger charge is -2.15. The Morgan fingerprint density at radius 3 is 2.81 bits per heavy atom. The third kappa shape index (κ3) is 3.64. The van der Waals surface area contributed by atoms with Crippen molar-refractivity contribution >= 4 is 39.1 Å². The molecule has 1 aromatic carbocycles. The number of nitrogens with zero attached hydrogens (tertiary/aromatic N) is 2. The largest absolute Gasteiger partial charge is 0.348 e. The first-order valence-electron chi connectivity index (χ1n) is 9.07. The van der Waals surface area contributed by atoms with Crippen LogP contribution in [0.15, 0.2) is 35.4 Å². The number of hydrogen-bond donors (Lipinski definition) is 1. The Labute approximate surface area is 166 Å². The SMILES string of the molecule is C[C@H](NC(=O)Cn1cnc2sc3c(c2c1=O)CCCC3)c1ccc(Cl)cc1. The summed E-state index contributed by atoms with van der Waals surface area (Å²) in [4.78, 5) is 31.9. The first-order chi connectivity index (χ1) is 13.0. The number of fused-ring (bicyclic) bond motifs is 3. The van der Waals surface area contributed by atoms with E-state index in [1.165, 1.54) is 22.2 Å². The van der Waals surface area contributed by atoms with Gasteiger partial charge in [-0.15, -0.1) is 11.3 Å². The lowest BCUT2D eigenvalue weighted by atomic mass is 9.97. The number of aryl methyl sites for hydroxylation is 2. The maximum absolute atomic E-state index is 12.9. The van der Waals surface area contributed by atoms with Crippen LogP contribution >= 0.6 is 22.9 Å². The standard InChI is InChI=1S/C20H20ClN3O2S/c1-12(13-6-8-14(21)9-7-13)23-17(25)10-24-11-22-19-18(20(24)26)15-4-2-3-5-16(15)27-19/h6-9,11-12H,2-5,10H2,1H3,(H,23,25)/t12-/m0/s1. The smallest absolute Gasteiger partial charge is 0.262 e. The number of carbonyl (C=O) groups excluding carboxylic acids is 1. The van der Waals surface area contributed by atoms with Crippen molar-refractivity contribution in [3.63, 3.8) is 0 Å². The predicted octanol–water partition coefficient (Wildman–Crippen LogP) is 3.87. The summed E-state index contributed by atoms with van der Waals surface area (Å²) in [5.74, 6) is -0.218. The molecule has 0 spiro atoms. The maximum atomic E-state index is 12.9. The van der Waals surface area contributed by atoms with Crippen molar-refractivity contribution in [3.05, 3.63) is 62.0 Å². The first-order valence-corrected chi connectivity index (χ1v) is 10.3. The Morgan fingerprint density at radius 2 is 2.04 bits per heavy atom. The second-order valence-electron chi connectivity index (χ2n) is 6.91. The summed E-state index contributed by atoms with van der Waals surface area (Å²) < 4.78 is 1.41. The van der Waals surface area contributed by atoms with Gasteiger partial charge in [-0.2, -0.15) is 0 Å². The summed E-state index contributed by atoms with van der Waals surface area (Å²) in [6, 6.07) is 7.18. The number of nitrogens with one attached hydrogen (secondary N) is 1. The Hall–Kier alpha value is -2.18.